The van der Waals surface area contributed by atoms with Crippen LogP contribution in [0.5, 0.6) is 11.6 Å². The van der Waals surface area contributed by atoms with E-state index in [0.29, 0.717) is 19.3 Å². The highest BCUT2D eigenvalue weighted by Gasteiger charge is 2.49. The number of hydrogen-bond acceptors (Lipinski definition) is 10. The Labute approximate surface area is 272 Å². The molecule has 18 heteroatoms. The summed E-state index contributed by atoms with van der Waals surface area (Å²) in [4.78, 5) is 66.1. The van der Waals surface area contributed by atoms with Gasteiger partial charge in [-0.25, -0.2) is 14.3 Å². The van der Waals surface area contributed by atoms with Gasteiger partial charge in [0.05, 0.1) is 18.9 Å². The molecule has 2 heterocycles. The zero-order valence-corrected chi connectivity index (χ0v) is 26.3. The first kappa shape index (κ1) is 35.8. The Balaban J connectivity index is 1.59. The SMILES string of the molecule is CCOC(=O)N1CCN(C(=O)[C@H](CCC(=O)O)NC(=O)c2cc(OC3(C(=O)OCC)CCC3)n(-c3ccc(OC(F)(F)F)cc3)n2)CC1. The lowest BCUT2D eigenvalue weighted by atomic mass is 9.80. The topological polar surface area (TPSA) is 179 Å². The number of nitrogens with one attached hydrogen (secondary N) is 1. The van der Waals surface area contributed by atoms with Crippen LogP contribution in [0.25, 0.3) is 5.69 Å². The zero-order valence-electron chi connectivity index (χ0n) is 26.3. The highest BCUT2D eigenvalue weighted by atomic mass is 19.4. The highest BCUT2D eigenvalue weighted by Crippen LogP contribution is 2.39. The van der Waals surface area contributed by atoms with Crippen molar-refractivity contribution >= 4 is 29.8 Å². The van der Waals surface area contributed by atoms with Crippen molar-refractivity contribution in [2.45, 2.75) is 64.0 Å². The Kier molecular flexibility index (Phi) is 11.4. The predicted molar refractivity (Wildman–Crippen MR) is 157 cm³/mol. The molecule has 2 aliphatic rings. The van der Waals surface area contributed by atoms with Gasteiger partial charge in [-0.3, -0.25) is 14.4 Å². The van der Waals surface area contributed by atoms with Gasteiger partial charge in [0.1, 0.15) is 11.8 Å². The van der Waals surface area contributed by atoms with Crippen molar-refractivity contribution in [1.29, 1.82) is 0 Å². The Morgan fingerprint density at radius 3 is 2.15 bits per heavy atom. The van der Waals surface area contributed by atoms with E-state index < -0.39 is 60.0 Å². The van der Waals surface area contributed by atoms with E-state index in [0.717, 1.165) is 16.8 Å². The van der Waals surface area contributed by atoms with Crippen LogP contribution in [-0.2, 0) is 23.9 Å². The van der Waals surface area contributed by atoms with Crippen molar-refractivity contribution < 1.29 is 61.2 Å². The summed E-state index contributed by atoms with van der Waals surface area (Å²) in [7, 11) is 0. The molecule has 1 aromatic heterocycles. The average molecular weight is 684 g/mol. The number of alkyl halides is 3. The number of piperazine rings is 1. The van der Waals surface area contributed by atoms with Gasteiger partial charge in [0.15, 0.2) is 5.69 Å². The second-order valence-corrected chi connectivity index (χ2v) is 11.0. The highest BCUT2D eigenvalue weighted by molar-refractivity contribution is 5.96. The van der Waals surface area contributed by atoms with Crippen LogP contribution >= 0.6 is 0 Å². The van der Waals surface area contributed by atoms with Crippen molar-refractivity contribution in [1.82, 2.24) is 24.9 Å². The monoisotopic (exact) mass is 683 g/mol. The van der Waals surface area contributed by atoms with E-state index in [4.69, 9.17) is 14.2 Å². The molecule has 1 aromatic carbocycles. The summed E-state index contributed by atoms with van der Waals surface area (Å²) in [5, 5.41) is 16.1. The average Bonchev–Trinajstić information content (AvgIpc) is 3.44. The molecule has 2 aromatic rings. The van der Waals surface area contributed by atoms with Crippen molar-refractivity contribution in [2.24, 2.45) is 0 Å². The van der Waals surface area contributed by atoms with Gasteiger partial charge in [-0.1, -0.05) is 0 Å². The number of carbonyl (C=O) groups is 5. The minimum Gasteiger partial charge on any atom is -0.481 e. The van der Waals surface area contributed by atoms with E-state index in [9.17, 15) is 42.3 Å². The molecule has 4 rings (SSSR count). The maximum atomic E-state index is 13.5. The predicted octanol–water partition coefficient (Wildman–Crippen LogP) is 2.90. The fourth-order valence-corrected chi connectivity index (χ4v) is 5.13. The fraction of sp³-hybridized carbons (Fsp3) is 0.533. The van der Waals surface area contributed by atoms with Gasteiger partial charge in [0.2, 0.25) is 17.4 Å². The van der Waals surface area contributed by atoms with Gasteiger partial charge in [-0.05, 0) is 63.8 Å². The van der Waals surface area contributed by atoms with Crippen LogP contribution < -0.4 is 14.8 Å². The van der Waals surface area contributed by atoms with Crippen LogP contribution in [0.1, 0.15) is 56.4 Å². The van der Waals surface area contributed by atoms with E-state index in [1.807, 2.05) is 0 Å². The molecule has 15 nitrogen and oxygen atoms in total. The molecule has 0 unspecified atom stereocenters. The lowest BCUT2D eigenvalue weighted by Gasteiger charge is -2.38. The van der Waals surface area contributed by atoms with E-state index in [1.165, 1.54) is 28.0 Å². The largest absolute Gasteiger partial charge is 0.573 e. The number of amides is 3. The van der Waals surface area contributed by atoms with Crippen molar-refractivity contribution in [2.75, 3.05) is 39.4 Å². The number of benzene rings is 1. The minimum absolute atomic E-state index is 0.0845. The van der Waals surface area contributed by atoms with Gasteiger partial charge in [0.25, 0.3) is 5.91 Å². The fourth-order valence-electron chi connectivity index (χ4n) is 5.13. The molecule has 2 N–H and O–H groups in total. The smallest absolute Gasteiger partial charge is 0.481 e. The van der Waals surface area contributed by atoms with Gasteiger partial charge in [-0.2, -0.15) is 5.10 Å². The standard InChI is InChI=1S/C30H36F3N5O10/c1-3-45-27(43)29(12-5-13-29)48-23-18-22(35-38(23)19-6-8-20(9-7-19)47-30(31,32)33)25(41)34-21(10-11-24(39)40)26(42)36-14-16-37(17-15-36)28(44)46-4-2/h6-9,18,21H,3-5,10-17H2,1-2H3,(H,34,41)(H,39,40)/t21-/m0/s1. The van der Waals surface area contributed by atoms with Crippen LogP contribution in [0.15, 0.2) is 30.3 Å². The summed E-state index contributed by atoms with van der Waals surface area (Å²) in [6.07, 6.45) is -4.91. The molecule has 3 amide bonds. The third kappa shape index (κ3) is 8.86. The first-order chi connectivity index (χ1) is 22.7. The number of carboxylic acid groups (broad SMARTS) is 1. The minimum atomic E-state index is -4.92. The number of carbonyl (C=O) groups excluding carboxylic acids is 4. The molecule has 0 radical (unpaired) electrons. The normalized spacial score (nSPS) is 16.3. The maximum absolute atomic E-state index is 13.5. The molecule has 1 atom stereocenters. The van der Waals surface area contributed by atoms with Crippen LogP contribution in [0.2, 0.25) is 0 Å². The Hall–Kier alpha value is -5.03. The van der Waals surface area contributed by atoms with E-state index in [2.05, 4.69) is 15.2 Å². The number of halogens is 3. The summed E-state index contributed by atoms with van der Waals surface area (Å²) < 4.78 is 59.5. The number of rotatable bonds is 13. The van der Waals surface area contributed by atoms with Crippen LogP contribution in [0.3, 0.4) is 0 Å². The summed E-state index contributed by atoms with van der Waals surface area (Å²) in [5.41, 5.74) is -1.53. The Bertz CT molecular complexity index is 1480. The second-order valence-electron chi connectivity index (χ2n) is 11.0. The number of aromatic nitrogens is 2. The molecular weight excluding hydrogens is 647 g/mol. The first-order valence-corrected chi connectivity index (χ1v) is 15.3. The molecule has 2 fully saturated rings. The van der Waals surface area contributed by atoms with Crippen LogP contribution in [0.4, 0.5) is 18.0 Å². The Morgan fingerprint density at radius 1 is 0.979 bits per heavy atom. The zero-order chi connectivity index (χ0) is 35.1. The quantitative estimate of drug-likeness (QED) is 0.297. The molecule has 1 aliphatic heterocycles. The Morgan fingerprint density at radius 2 is 1.60 bits per heavy atom. The lowest BCUT2D eigenvalue weighted by Crippen LogP contribution is -2.56. The number of carboxylic acids is 1. The van der Waals surface area contributed by atoms with Crippen molar-refractivity contribution in [3.8, 4) is 17.3 Å². The number of aliphatic carboxylic acids is 1. The third-order valence-electron chi connectivity index (χ3n) is 7.70. The molecular formula is C30H36F3N5O10. The summed E-state index contributed by atoms with van der Waals surface area (Å²) in [5.74, 6) is -3.91. The molecule has 1 saturated heterocycles. The number of hydrogen-bond donors (Lipinski definition) is 2. The van der Waals surface area contributed by atoms with E-state index in [1.54, 1.807) is 13.8 Å². The van der Waals surface area contributed by atoms with Gasteiger partial charge < -0.3 is 39.2 Å². The van der Waals surface area contributed by atoms with E-state index >= 15 is 0 Å². The van der Waals surface area contributed by atoms with Crippen LogP contribution in [-0.4, -0.2) is 112 Å². The number of nitrogens with zero attached hydrogens (tertiary/aromatic N) is 4. The molecule has 0 bridgehead atoms. The first-order valence-electron chi connectivity index (χ1n) is 15.3. The molecule has 48 heavy (non-hydrogen) atoms. The van der Waals surface area contributed by atoms with Gasteiger partial charge in [-0.15, -0.1) is 13.2 Å². The van der Waals surface area contributed by atoms with Gasteiger partial charge in [0, 0.05) is 38.7 Å². The maximum Gasteiger partial charge on any atom is 0.573 e. The second kappa shape index (κ2) is 15.2. The summed E-state index contributed by atoms with van der Waals surface area (Å²) in [6.45, 7) is 4.15. The lowest BCUT2D eigenvalue weighted by molar-refractivity contribution is -0.274. The summed E-state index contributed by atoms with van der Waals surface area (Å²) in [6, 6.07) is 4.44. The van der Waals surface area contributed by atoms with Crippen LogP contribution in [0, 0.1) is 0 Å². The molecule has 1 aliphatic carbocycles. The number of esters is 1. The van der Waals surface area contributed by atoms with E-state index in [-0.39, 0.29) is 63.1 Å². The summed E-state index contributed by atoms with van der Waals surface area (Å²) >= 11 is 0. The van der Waals surface area contributed by atoms with Crippen molar-refractivity contribution in [3.63, 3.8) is 0 Å². The van der Waals surface area contributed by atoms with Crippen molar-refractivity contribution in [3.05, 3.63) is 36.0 Å². The third-order valence-corrected chi connectivity index (χ3v) is 7.70. The molecule has 262 valence electrons. The molecule has 1 saturated carbocycles. The van der Waals surface area contributed by atoms with Gasteiger partial charge >= 0.3 is 24.4 Å². The molecule has 0 spiro atoms. The number of ether oxygens (including phenoxy) is 4.